The van der Waals surface area contributed by atoms with E-state index in [0.29, 0.717) is 5.38 Å². The predicted molar refractivity (Wildman–Crippen MR) is 67.7 cm³/mol. The molecule has 1 unspecified atom stereocenters. The van der Waals surface area contributed by atoms with Gasteiger partial charge in [-0.1, -0.05) is 12.8 Å². The average molecular weight is 241 g/mol. The monoisotopic (exact) mass is 240 g/mol. The molecule has 16 heavy (non-hydrogen) atoms. The van der Waals surface area contributed by atoms with Gasteiger partial charge in [0.05, 0.1) is 0 Å². The van der Waals surface area contributed by atoms with Gasteiger partial charge in [-0.15, -0.1) is 11.6 Å². The summed E-state index contributed by atoms with van der Waals surface area (Å²) >= 11 is 6.44. The van der Waals surface area contributed by atoms with Gasteiger partial charge in [-0.05, 0) is 31.6 Å². The van der Waals surface area contributed by atoms with E-state index >= 15 is 0 Å². The van der Waals surface area contributed by atoms with E-state index in [1.54, 1.807) is 0 Å². The average Bonchev–Trinajstić information content (AvgIpc) is 2.90. The molecule has 1 saturated carbocycles. The summed E-state index contributed by atoms with van der Waals surface area (Å²) in [6, 6.07) is 0. The van der Waals surface area contributed by atoms with Crippen molar-refractivity contribution in [2.24, 2.45) is 13.0 Å². The van der Waals surface area contributed by atoms with Crippen molar-refractivity contribution >= 4 is 11.6 Å². The number of hydrogen-bond donors (Lipinski definition) is 0. The second-order valence-corrected chi connectivity index (χ2v) is 5.47. The van der Waals surface area contributed by atoms with Crippen molar-refractivity contribution in [1.29, 1.82) is 0 Å². The molecule has 1 heterocycles. The van der Waals surface area contributed by atoms with Gasteiger partial charge in [0, 0.05) is 31.2 Å². The molecule has 0 spiro atoms. The zero-order valence-corrected chi connectivity index (χ0v) is 10.8. The van der Waals surface area contributed by atoms with Crippen molar-refractivity contribution in [3.05, 3.63) is 18.2 Å². The topological polar surface area (TPSA) is 17.8 Å². The number of halogens is 1. The van der Waals surface area contributed by atoms with Crippen LogP contribution < -0.4 is 0 Å². The smallest absolute Gasteiger partial charge is 0.108 e. The highest BCUT2D eigenvalue weighted by molar-refractivity contribution is 6.20. The van der Waals surface area contributed by atoms with Crippen LogP contribution in [0, 0.1) is 5.92 Å². The molecule has 1 aliphatic carbocycles. The summed E-state index contributed by atoms with van der Waals surface area (Å²) in [4.78, 5) is 4.33. The molecule has 0 aliphatic heterocycles. The maximum atomic E-state index is 6.44. The largest absolute Gasteiger partial charge is 0.338 e. The third kappa shape index (κ3) is 3.00. The molecule has 0 N–H and O–H groups in total. The van der Waals surface area contributed by atoms with Gasteiger partial charge < -0.3 is 4.57 Å². The van der Waals surface area contributed by atoms with Crippen molar-refractivity contribution in [1.82, 2.24) is 9.55 Å². The van der Waals surface area contributed by atoms with Gasteiger partial charge in [-0.2, -0.15) is 0 Å². The quantitative estimate of drug-likeness (QED) is 0.720. The summed E-state index contributed by atoms with van der Waals surface area (Å²) in [6.45, 7) is 0. The Bertz CT molecular complexity index is 315. The van der Waals surface area contributed by atoms with Crippen LogP contribution in [0.1, 0.15) is 44.3 Å². The Kier molecular flexibility index (Phi) is 4.28. The highest BCUT2D eigenvalue weighted by Crippen LogP contribution is 2.32. The molecule has 90 valence electrons. The Morgan fingerprint density at radius 1 is 1.50 bits per heavy atom. The first-order chi connectivity index (χ1) is 7.77. The SMILES string of the molecule is Cn1ccnc1CCCC(Cl)C1CCCC1. The fourth-order valence-corrected chi connectivity index (χ4v) is 3.05. The van der Waals surface area contributed by atoms with Crippen LogP contribution in [0.15, 0.2) is 12.4 Å². The van der Waals surface area contributed by atoms with Crippen molar-refractivity contribution in [2.45, 2.75) is 50.3 Å². The number of alkyl halides is 1. The molecule has 1 atom stereocenters. The lowest BCUT2D eigenvalue weighted by Crippen LogP contribution is -2.11. The number of hydrogen-bond acceptors (Lipinski definition) is 1. The summed E-state index contributed by atoms with van der Waals surface area (Å²) in [7, 11) is 2.05. The number of nitrogens with zero attached hydrogens (tertiary/aromatic N) is 2. The van der Waals surface area contributed by atoms with E-state index < -0.39 is 0 Å². The molecule has 0 radical (unpaired) electrons. The first kappa shape index (κ1) is 12.0. The molecular formula is C13H21ClN2. The molecule has 2 nitrogen and oxygen atoms in total. The van der Waals surface area contributed by atoms with E-state index in [-0.39, 0.29) is 0 Å². The highest BCUT2D eigenvalue weighted by Gasteiger charge is 2.22. The van der Waals surface area contributed by atoms with E-state index in [1.807, 2.05) is 12.4 Å². The highest BCUT2D eigenvalue weighted by atomic mass is 35.5. The zero-order valence-electron chi connectivity index (χ0n) is 10.0. The zero-order chi connectivity index (χ0) is 11.4. The van der Waals surface area contributed by atoms with E-state index in [1.165, 1.54) is 31.5 Å². The maximum Gasteiger partial charge on any atom is 0.108 e. The molecule has 1 aliphatic rings. The van der Waals surface area contributed by atoms with Gasteiger partial charge in [0.2, 0.25) is 0 Å². The van der Waals surface area contributed by atoms with Gasteiger partial charge in [-0.3, -0.25) is 0 Å². The Hall–Kier alpha value is -0.500. The number of aromatic nitrogens is 2. The molecule has 1 aromatic heterocycles. The lowest BCUT2D eigenvalue weighted by atomic mass is 9.99. The summed E-state index contributed by atoms with van der Waals surface area (Å²) in [6.07, 6.45) is 12.7. The van der Waals surface area contributed by atoms with E-state index in [0.717, 1.165) is 25.2 Å². The molecule has 1 aromatic rings. The molecule has 2 rings (SSSR count). The van der Waals surface area contributed by atoms with Crippen molar-refractivity contribution < 1.29 is 0 Å². The summed E-state index contributed by atoms with van der Waals surface area (Å²) < 4.78 is 2.10. The van der Waals surface area contributed by atoms with Crippen LogP contribution in [0.2, 0.25) is 0 Å². The normalized spacial score (nSPS) is 19.1. The van der Waals surface area contributed by atoms with Crippen molar-refractivity contribution in [3.8, 4) is 0 Å². The molecule has 0 amide bonds. The first-order valence-electron chi connectivity index (χ1n) is 6.37. The lowest BCUT2D eigenvalue weighted by Gasteiger charge is -2.16. The predicted octanol–water partition coefficient (Wildman–Crippen LogP) is 3.54. The van der Waals surface area contributed by atoms with Crippen molar-refractivity contribution in [3.63, 3.8) is 0 Å². The van der Waals surface area contributed by atoms with Crippen LogP contribution in [-0.4, -0.2) is 14.9 Å². The fourth-order valence-electron chi connectivity index (χ4n) is 2.65. The minimum atomic E-state index is 0.391. The van der Waals surface area contributed by atoms with Crippen LogP contribution in [0.25, 0.3) is 0 Å². The summed E-state index contributed by atoms with van der Waals surface area (Å²) in [5.74, 6) is 1.96. The van der Waals surface area contributed by atoms with Crippen LogP contribution >= 0.6 is 11.6 Å². The molecule has 0 saturated heterocycles. The second-order valence-electron chi connectivity index (χ2n) is 4.91. The third-order valence-electron chi connectivity index (χ3n) is 3.71. The second kappa shape index (κ2) is 5.72. The molecular weight excluding hydrogens is 220 g/mol. The Balaban J connectivity index is 1.69. The number of rotatable bonds is 5. The van der Waals surface area contributed by atoms with Gasteiger partial charge in [0.1, 0.15) is 5.82 Å². The van der Waals surface area contributed by atoms with Gasteiger partial charge in [0.25, 0.3) is 0 Å². The lowest BCUT2D eigenvalue weighted by molar-refractivity contribution is 0.479. The maximum absolute atomic E-state index is 6.44. The molecule has 0 bridgehead atoms. The molecule has 3 heteroatoms. The number of aryl methyl sites for hydroxylation is 2. The van der Waals surface area contributed by atoms with E-state index in [9.17, 15) is 0 Å². The Labute approximate surface area is 103 Å². The first-order valence-corrected chi connectivity index (χ1v) is 6.81. The van der Waals surface area contributed by atoms with Crippen LogP contribution in [0.3, 0.4) is 0 Å². The van der Waals surface area contributed by atoms with E-state index in [2.05, 4.69) is 16.6 Å². The Morgan fingerprint density at radius 3 is 2.88 bits per heavy atom. The molecule has 1 fully saturated rings. The minimum absolute atomic E-state index is 0.391. The van der Waals surface area contributed by atoms with Gasteiger partial charge >= 0.3 is 0 Å². The van der Waals surface area contributed by atoms with Crippen LogP contribution in [-0.2, 0) is 13.5 Å². The van der Waals surface area contributed by atoms with Crippen LogP contribution in [0.5, 0.6) is 0 Å². The number of imidazole rings is 1. The van der Waals surface area contributed by atoms with E-state index in [4.69, 9.17) is 11.6 Å². The Morgan fingerprint density at radius 2 is 2.25 bits per heavy atom. The van der Waals surface area contributed by atoms with Gasteiger partial charge in [0.15, 0.2) is 0 Å². The van der Waals surface area contributed by atoms with Crippen LogP contribution in [0.4, 0.5) is 0 Å². The third-order valence-corrected chi connectivity index (χ3v) is 4.29. The minimum Gasteiger partial charge on any atom is -0.338 e. The standard InChI is InChI=1S/C13H21ClN2/c1-16-10-9-15-13(16)8-4-7-12(14)11-5-2-3-6-11/h9-12H,2-8H2,1H3. The van der Waals surface area contributed by atoms with Crippen molar-refractivity contribution in [2.75, 3.05) is 0 Å². The fraction of sp³-hybridized carbons (Fsp3) is 0.769. The summed E-state index contributed by atoms with van der Waals surface area (Å²) in [5.41, 5.74) is 0. The molecule has 0 aromatic carbocycles. The summed E-state index contributed by atoms with van der Waals surface area (Å²) in [5, 5.41) is 0.391. The van der Waals surface area contributed by atoms with Gasteiger partial charge in [-0.25, -0.2) is 4.98 Å².